The van der Waals surface area contributed by atoms with Crippen LogP contribution in [0.25, 0.3) is 0 Å². The summed E-state index contributed by atoms with van der Waals surface area (Å²) in [5.74, 6) is 0. The van der Waals surface area contributed by atoms with Crippen LogP contribution >= 0.6 is 0 Å². The molecule has 0 spiro atoms. The van der Waals surface area contributed by atoms with Gasteiger partial charge in [0.15, 0.2) is 0 Å². The molecule has 0 radical (unpaired) electrons. The number of nitrogens with zero attached hydrogens (tertiary/aromatic N) is 2. The lowest BCUT2D eigenvalue weighted by molar-refractivity contribution is 0.0494. The zero-order valence-corrected chi connectivity index (χ0v) is 18.9. The Hall–Kier alpha value is -1.46. The lowest BCUT2D eigenvalue weighted by atomic mass is 10.2. The van der Waals surface area contributed by atoms with Gasteiger partial charge >= 0.3 is 12.2 Å². The minimum absolute atomic E-state index is 0.0810. The third kappa shape index (κ3) is 7.51. The molecule has 0 aromatic rings. The molecule has 2 fully saturated rings. The Kier molecular flexibility index (Phi) is 11.3. The average molecular weight is 399 g/mol. The molecule has 0 N–H and O–H groups in total. The molecule has 6 heteroatoms. The quantitative estimate of drug-likeness (QED) is 0.585. The van der Waals surface area contributed by atoms with Crippen LogP contribution in [-0.2, 0) is 9.47 Å². The van der Waals surface area contributed by atoms with Crippen LogP contribution in [0.3, 0.4) is 0 Å². The summed E-state index contributed by atoms with van der Waals surface area (Å²) in [5, 5.41) is 0. The zero-order valence-electron chi connectivity index (χ0n) is 18.9. The Labute approximate surface area is 171 Å². The van der Waals surface area contributed by atoms with Crippen LogP contribution in [0.2, 0.25) is 0 Å². The van der Waals surface area contributed by atoms with Gasteiger partial charge in [0.05, 0.1) is 0 Å². The van der Waals surface area contributed by atoms with Gasteiger partial charge < -0.3 is 19.3 Å². The summed E-state index contributed by atoms with van der Waals surface area (Å²) in [4.78, 5) is 27.1. The third-order valence-corrected chi connectivity index (χ3v) is 5.88. The smallest absolute Gasteiger partial charge is 0.410 e. The van der Waals surface area contributed by atoms with Crippen molar-refractivity contribution >= 4 is 12.2 Å². The van der Waals surface area contributed by atoms with Gasteiger partial charge in [-0.25, -0.2) is 9.59 Å². The van der Waals surface area contributed by atoms with Gasteiger partial charge in [0.25, 0.3) is 0 Å². The summed E-state index contributed by atoms with van der Waals surface area (Å²) in [6.45, 7) is 14.1. The molecule has 2 heterocycles. The number of amides is 2. The van der Waals surface area contributed by atoms with Gasteiger partial charge in [-0.15, -0.1) is 0 Å². The van der Waals surface area contributed by atoms with E-state index in [0.29, 0.717) is 12.1 Å². The van der Waals surface area contributed by atoms with E-state index in [4.69, 9.17) is 9.47 Å². The minimum atomic E-state index is -0.124. The van der Waals surface area contributed by atoms with Crippen molar-refractivity contribution in [1.29, 1.82) is 0 Å². The topological polar surface area (TPSA) is 59.1 Å². The van der Waals surface area contributed by atoms with E-state index in [0.717, 1.165) is 64.5 Å². The first-order valence-corrected chi connectivity index (χ1v) is 11.3. The highest BCUT2D eigenvalue weighted by atomic mass is 16.6. The normalized spacial score (nSPS) is 21.7. The predicted molar refractivity (Wildman–Crippen MR) is 113 cm³/mol. The maximum atomic E-state index is 11.9. The summed E-state index contributed by atoms with van der Waals surface area (Å²) in [7, 11) is 0. The van der Waals surface area contributed by atoms with Gasteiger partial charge in [-0.1, -0.05) is 27.7 Å². The number of hydrogen-bond donors (Lipinski definition) is 0. The number of rotatable bonds is 6. The van der Waals surface area contributed by atoms with Crippen molar-refractivity contribution in [1.82, 2.24) is 9.80 Å². The summed E-state index contributed by atoms with van der Waals surface area (Å²) in [5.41, 5.74) is 0. The largest absolute Gasteiger partial charge is 0.446 e. The van der Waals surface area contributed by atoms with E-state index in [1.165, 1.54) is 0 Å². The second kappa shape index (κ2) is 12.9. The molecule has 2 rings (SSSR count). The van der Waals surface area contributed by atoms with E-state index in [-0.39, 0.29) is 24.4 Å². The first-order chi connectivity index (χ1) is 13.4. The molecule has 0 aliphatic carbocycles. The second-order valence-corrected chi connectivity index (χ2v) is 8.02. The van der Waals surface area contributed by atoms with Gasteiger partial charge in [0, 0.05) is 25.2 Å². The summed E-state index contributed by atoms with van der Waals surface area (Å²) in [6.07, 6.45) is 8.01. The standard InChI is InChI=1S/C12H23NO2.C10H19NO2/c1-5-11(6-2)15-12(14)13-9(3)7-8-10(13)4;1-3-9(4-2)13-10(12)11-7-5-6-8-11/h9-11H,5-8H2,1-4H3;9H,3-8H2,1-2H3. The van der Waals surface area contributed by atoms with E-state index in [9.17, 15) is 9.59 Å². The van der Waals surface area contributed by atoms with E-state index in [2.05, 4.69) is 27.7 Å². The van der Waals surface area contributed by atoms with Crippen LogP contribution in [0.5, 0.6) is 0 Å². The fourth-order valence-electron chi connectivity index (χ4n) is 3.79. The summed E-state index contributed by atoms with van der Waals surface area (Å²) in [6, 6.07) is 0.670. The maximum absolute atomic E-state index is 11.9. The highest BCUT2D eigenvalue weighted by Crippen LogP contribution is 2.24. The Bertz CT molecular complexity index is 447. The van der Waals surface area contributed by atoms with Crippen LogP contribution < -0.4 is 0 Å². The van der Waals surface area contributed by atoms with Crippen LogP contribution in [0.1, 0.15) is 92.9 Å². The fraction of sp³-hybridized carbons (Fsp3) is 0.909. The fourth-order valence-corrected chi connectivity index (χ4v) is 3.79. The molecule has 2 atom stereocenters. The molecule has 2 amide bonds. The maximum Gasteiger partial charge on any atom is 0.410 e. The summed E-state index contributed by atoms with van der Waals surface area (Å²) >= 11 is 0. The minimum Gasteiger partial charge on any atom is -0.446 e. The zero-order chi connectivity index (χ0) is 21.1. The molecule has 0 saturated carbocycles. The Balaban J connectivity index is 0.000000283. The number of carbonyl (C=O) groups is 2. The predicted octanol–water partition coefficient (Wildman–Crippen LogP) is 5.59. The van der Waals surface area contributed by atoms with Gasteiger partial charge in [-0.2, -0.15) is 0 Å². The van der Waals surface area contributed by atoms with Gasteiger partial charge in [-0.3, -0.25) is 0 Å². The highest BCUT2D eigenvalue weighted by Gasteiger charge is 2.33. The van der Waals surface area contributed by atoms with Crippen molar-refractivity contribution in [2.45, 2.75) is 117 Å². The Morgan fingerprint density at radius 2 is 1.18 bits per heavy atom. The SMILES string of the molecule is CCC(CC)OC(=O)N1C(C)CCC1C.CCC(CC)OC(=O)N1CCCC1. The van der Waals surface area contributed by atoms with Gasteiger partial charge in [0.2, 0.25) is 0 Å². The monoisotopic (exact) mass is 398 g/mol. The highest BCUT2D eigenvalue weighted by molar-refractivity contribution is 5.69. The Morgan fingerprint density at radius 1 is 0.786 bits per heavy atom. The van der Waals surface area contributed by atoms with Crippen molar-refractivity contribution in [2.75, 3.05) is 13.1 Å². The van der Waals surface area contributed by atoms with Crippen molar-refractivity contribution < 1.29 is 19.1 Å². The Morgan fingerprint density at radius 3 is 1.57 bits per heavy atom. The third-order valence-electron chi connectivity index (χ3n) is 5.88. The van der Waals surface area contributed by atoms with Crippen LogP contribution in [0.15, 0.2) is 0 Å². The van der Waals surface area contributed by atoms with Crippen molar-refractivity contribution in [3.8, 4) is 0 Å². The van der Waals surface area contributed by atoms with E-state index >= 15 is 0 Å². The lowest BCUT2D eigenvalue weighted by Gasteiger charge is -2.27. The molecule has 2 aliphatic heterocycles. The molecular formula is C22H42N2O4. The van der Waals surface area contributed by atoms with E-state index < -0.39 is 0 Å². The molecular weight excluding hydrogens is 356 g/mol. The van der Waals surface area contributed by atoms with Crippen molar-refractivity contribution in [2.24, 2.45) is 0 Å². The first-order valence-electron chi connectivity index (χ1n) is 11.3. The molecule has 2 saturated heterocycles. The van der Waals surface area contributed by atoms with Crippen LogP contribution in [-0.4, -0.2) is 59.4 Å². The van der Waals surface area contributed by atoms with E-state index in [1.807, 2.05) is 18.7 Å². The number of likely N-dealkylation sites (tertiary alicyclic amines) is 2. The van der Waals surface area contributed by atoms with Crippen molar-refractivity contribution in [3.05, 3.63) is 0 Å². The first kappa shape index (κ1) is 24.6. The molecule has 2 aliphatic rings. The molecule has 0 aromatic heterocycles. The number of ether oxygens (including phenoxy) is 2. The molecule has 0 aromatic carbocycles. The van der Waals surface area contributed by atoms with Gasteiger partial charge in [-0.05, 0) is 65.2 Å². The molecule has 0 bridgehead atoms. The van der Waals surface area contributed by atoms with Crippen LogP contribution in [0.4, 0.5) is 9.59 Å². The van der Waals surface area contributed by atoms with Gasteiger partial charge in [0.1, 0.15) is 12.2 Å². The second-order valence-electron chi connectivity index (χ2n) is 8.02. The summed E-state index contributed by atoms with van der Waals surface area (Å²) < 4.78 is 10.8. The molecule has 6 nitrogen and oxygen atoms in total. The van der Waals surface area contributed by atoms with Crippen LogP contribution in [0, 0.1) is 0 Å². The molecule has 2 unspecified atom stereocenters. The molecule has 28 heavy (non-hydrogen) atoms. The molecule has 164 valence electrons. The van der Waals surface area contributed by atoms with E-state index in [1.54, 1.807) is 4.90 Å². The number of hydrogen-bond acceptors (Lipinski definition) is 4. The lowest BCUT2D eigenvalue weighted by Crippen LogP contribution is -2.40. The van der Waals surface area contributed by atoms with Crippen molar-refractivity contribution in [3.63, 3.8) is 0 Å². The number of carbonyl (C=O) groups excluding carboxylic acids is 2. The average Bonchev–Trinajstić information content (AvgIpc) is 3.34.